The molecule has 1 saturated heterocycles. The molecule has 0 N–H and O–H groups in total. The highest BCUT2D eigenvalue weighted by Gasteiger charge is 2.37. The van der Waals surface area contributed by atoms with Gasteiger partial charge in [-0.15, -0.1) is 0 Å². The monoisotopic (exact) mass is 720 g/mol. The first-order chi connectivity index (χ1) is 15.8. The van der Waals surface area contributed by atoms with Gasteiger partial charge in [-0.3, -0.25) is 0 Å². The SMILES string of the molecule is CCCCOC1N(c2c(Br)cc(C(C)(C)C)cc2Br)CCN1c1c(Br)cc(C(C)(C)C)cc1Br. The molecule has 2 aromatic rings. The first-order valence-electron chi connectivity index (χ1n) is 11.9. The summed E-state index contributed by atoms with van der Waals surface area (Å²) >= 11 is 15.5. The van der Waals surface area contributed by atoms with E-state index >= 15 is 0 Å². The van der Waals surface area contributed by atoms with Gasteiger partial charge in [0.15, 0.2) is 0 Å². The van der Waals surface area contributed by atoms with Crippen molar-refractivity contribution in [2.24, 2.45) is 0 Å². The maximum atomic E-state index is 6.56. The minimum absolute atomic E-state index is 0.0716. The van der Waals surface area contributed by atoms with Crippen LogP contribution < -0.4 is 9.80 Å². The van der Waals surface area contributed by atoms with Gasteiger partial charge < -0.3 is 14.5 Å². The molecular weight excluding hydrogens is 688 g/mol. The summed E-state index contributed by atoms with van der Waals surface area (Å²) in [5, 5.41) is 0. The Kier molecular flexibility index (Phi) is 9.32. The summed E-state index contributed by atoms with van der Waals surface area (Å²) in [6.45, 7) is 18.1. The third kappa shape index (κ3) is 6.24. The molecule has 0 spiro atoms. The molecule has 1 aliphatic heterocycles. The molecule has 34 heavy (non-hydrogen) atoms. The van der Waals surface area contributed by atoms with E-state index in [1.807, 2.05) is 0 Å². The van der Waals surface area contributed by atoms with Crippen molar-refractivity contribution in [2.75, 3.05) is 29.5 Å². The van der Waals surface area contributed by atoms with Gasteiger partial charge in [-0.05, 0) is 116 Å². The van der Waals surface area contributed by atoms with E-state index in [2.05, 4.69) is 146 Å². The van der Waals surface area contributed by atoms with E-state index in [-0.39, 0.29) is 17.2 Å². The molecule has 2 aromatic carbocycles. The van der Waals surface area contributed by atoms with Crippen LogP contribution >= 0.6 is 63.7 Å². The molecule has 1 aliphatic rings. The topological polar surface area (TPSA) is 15.7 Å². The largest absolute Gasteiger partial charge is 0.340 e. The second-order valence-electron chi connectivity index (χ2n) is 11.0. The molecule has 0 unspecified atom stereocenters. The number of rotatable bonds is 6. The van der Waals surface area contributed by atoms with E-state index in [0.717, 1.165) is 61.8 Å². The Morgan fingerprint density at radius 1 is 0.735 bits per heavy atom. The van der Waals surface area contributed by atoms with Crippen LogP contribution in [0.15, 0.2) is 42.2 Å². The summed E-state index contributed by atoms with van der Waals surface area (Å²) in [5.74, 6) is 0. The number of nitrogens with zero attached hydrogens (tertiary/aromatic N) is 2. The fourth-order valence-corrected chi connectivity index (χ4v) is 7.39. The summed E-state index contributed by atoms with van der Waals surface area (Å²) in [5.41, 5.74) is 4.99. The third-order valence-corrected chi connectivity index (χ3v) is 8.64. The minimum Gasteiger partial charge on any atom is -0.340 e. The predicted octanol–water partition coefficient (Wildman–Crippen LogP) is 9.76. The standard InChI is InChI=1S/C27H36Br4N2O/c1-8-9-12-34-25-32(23-19(28)13-17(14-20(23)29)26(2,3)4)10-11-33(25)24-21(30)15-18(16-22(24)31)27(5,6)7/h13-16,25H,8-12H2,1-7H3. The highest BCUT2D eigenvalue weighted by atomic mass is 79.9. The van der Waals surface area contributed by atoms with E-state index in [1.54, 1.807) is 0 Å². The molecule has 3 rings (SSSR count). The van der Waals surface area contributed by atoms with E-state index in [9.17, 15) is 0 Å². The van der Waals surface area contributed by atoms with E-state index < -0.39 is 0 Å². The van der Waals surface area contributed by atoms with Crippen LogP contribution in [0, 0.1) is 0 Å². The van der Waals surface area contributed by atoms with Crippen LogP contribution in [0.1, 0.15) is 72.4 Å². The Bertz CT molecular complexity index is 903. The van der Waals surface area contributed by atoms with Crippen LogP contribution in [0.4, 0.5) is 11.4 Å². The number of anilines is 2. The Morgan fingerprint density at radius 2 is 1.09 bits per heavy atom. The van der Waals surface area contributed by atoms with Gasteiger partial charge in [-0.25, -0.2) is 0 Å². The lowest BCUT2D eigenvalue weighted by molar-refractivity contribution is 0.0605. The zero-order valence-electron chi connectivity index (χ0n) is 21.2. The van der Waals surface area contributed by atoms with Crippen LogP contribution in [-0.4, -0.2) is 26.0 Å². The maximum Gasteiger partial charge on any atom is 0.210 e. The summed E-state index contributed by atoms with van der Waals surface area (Å²) < 4.78 is 10.9. The van der Waals surface area contributed by atoms with E-state index in [1.165, 1.54) is 11.1 Å². The third-order valence-electron chi connectivity index (χ3n) is 6.22. The first kappa shape index (κ1) is 28.5. The zero-order chi connectivity index (χ0) is 25.4. The molecule has 0 bridgehead atoms. The molecule has 0 aromatic heterocycles. The number of halogens is 4. The summed E-state index contributed by atoms with van der Waals surface area (Å²) in [4.78, 5) is 4.74. The molecule has 1 fully saturated rings. The molecule has 0 saturated carbocycles. The molecule has 0 aliphatic carbocycles. The van der Waals surface area contributed by atoms with Gasteiger partial charge in [0.2, 0.25) is 6.35 Å². The number of benzene rings is 2. The lowest BCUT2D eigenvalue weighted by Crippen LogP contribution is -2.42. The summed E-state index contributed by atoms with van der Waals surface area (Å²) in [6, 6.07) is 8.98. The van der Waals surface area contributed by atoms with Crippen molar-refractivity contribution in [3.05, 3.63) is 53.3 Å². The number of hydrogen-bond acceptors (Lipinski definition) is 3. The van der Waals surface area contributed by atoms with Crippen molar-refractivity contribution in [2.45, 2.75) is 78.5 Å². The van der Waals surface area contributed by atoms with Crippen molar-refractivity contribution in [1.82, 2.24) is 0 Å². The van der Waals surface area contributed by atoms with Gasteiger partial charge in [0.1, 0.15) is 0 Å². The molecule has 0 atom stereocenters. The molecule has 3 nitrogen and oxygen atoms in total. The van der Waals surface area contributed by atoms with Crippen molar-refractivity contribution >= 4 is 75.1 Å². The van der Waals surface area contributed by atoms with Crippen LogP contribution in [0.5, 0.6) is 0 Å². The molecule has 1 heterocycles. The number of unbranched alkanes of at least 4 members (excludes halogenated alkanes) is 1. The molecule has 188 valence electrons. The fourth-order valence-electron chi connectivity index (χ4n) is 4.11. The average Bonchev–Trinajstić information content (AvgIpc) is 3.09. The molecule has 0 amide bonds. The van der Waals surface area contributed by atoms with E-state index in [4.69, 9.17) is 4.74 Å². The van der Waals surface area contributed by atoms with Crippen molar-refractivity contribution in [3.63, 3.8) is 0 Å². The highest BCUT2D eigenvalue weighted by Crippen LogP contribution is 2.45. The van der Waals surface area contributed by atoms with Gasteiger partial charge in [0.05, 0.1) is 18.0 Å². The second-order valence-corrected chi connectivity index (χ2v) is 14.4. The number of ether oxygens (including phenoxy) is 1. The first-order valence-corrected chi connectivity index (χ1v) is 15.1. The van der Waals surface area contributed by atoms with Gasteiger partial charge in [-0.2, -0.15) is 0 Å². The lowest BCUT2D eigenvalue weighted by Gasteiger charge is -2.35. The predicted molar refractivity (Wildman–Crippen MR) is 160 cm³/mol. The molecule has 0 radical (unpaired) electrons. The van der Waals surface area contributed by atoms with Gasteiger partial charge in [0, 0.05) is 31.0 Å². The molecular formula is C27H36Br4N2O. The minimum atomic E-state index is -0.201. The van der Waals surface area contributed by atoms with Gasteiger partial charge in [-0.1, -0.05) is 54.9 Å². The van der Waals surface area contributed by atoms with Crippen LogP contribution in [0.3, 0.4) is 0 Å². The van der Waals surface area contributed by atoms with Crippen LogP contribution in [0.2, 0.25) is 0 Å². The van der Waals surface area contributed by atoms with Gasteiger partial charge >= 0.3 is 0 Å². The second kappa shape index (κ2) is 11.1. The highest BCUT2D eigenvalue weighted by molar-refractivity contribution is 9.11. The number of hydrogen-bond donors (Lipinski definition) is 0. The van der Waals surface area contributed by atoms with Crippen LogP contribution in [0.25, 0.3) is 0 Å². The van der Waals surface area contributed by atoms with Crippen molar-refractivity contribution < 1.29 is 4.74 Å². The Morgan fingerprint density at radius 3 is 1.38 bits per heavy atom. The van der Waals surface area contributed by atoms with Crippen molar-refractivity contribution in [1.29, 1.82) is 0 Å². The normalized spacial score (nSPS) is 15.5. The Balaban J connectivity index is 2.05. The van der Waals surface area contributed by atoms with Gasteiger partial charge in [0.25, 0.3) is 0 Å². The maximum absolute atomic E-state index is 6.56. The van der Waals surface area contributed by atoms with Crippen LogP contribution in [-0.2, 0) is 15.6 Å². The smallest absolute Gasteiger partial charge is 0.210 e. The lowest BCUT2D eigenvalue weighted by atomic mass is 9.87. The quantitative estimate of drug-likeness (QED) is 0.276. The fraction of sp³-hybridized carbons (Fsp3) is 0.556. The van der Waals surface area contributed by atoms with E-state index in [0.29, 0.717) is 0 Å². The zero-order valence-corrected chi connectivity index (χ0v) is 27.6. The van der Waals surface area contributed by atoms with Crippen molar-refractivity contribution in [3.8, 4) is 0 Å². The summed E-state index contributed by atoms with van der Waals surface area (Å²) in [6.07, 6.45) is 1.94. The Hall–Kier alpha value is -0.0800. The summed E-state index contributed by atoms with van der Waals surface area (Å²) in [7, 11) is 0. The molecule has 7 heteroatoms. The average molecular weight is 724 g/mol. The Labute approximate surface area is 239 Å².